The zero-order valence-electron chi connectivity index (χ0n) is 33.7. The highest BCUT2D eigenvalue weighted by Crippen LogP contribution is 2.33. The molecule has 0 saturated carbocycles. The van der Waals surface area contributed by atoms with Crippen molar-refractivity contribution in [3.05, 3.63) is 112 Å². The molecule has 61 heavy (non-hydrogen) atoms. The molecular formula is C44H46FN9O7. The fourth-order valence-electron chi connectivity index (χ4n) is 9.25. The molecule has 3 aromatic carbocycles. The van der Waals surface area contributed by atoms with Gasteiger partial charge in [-0.3, -0.25) is 53.9 Å². The third-order valence-corrected chi connectivity index (χ3v) is 12.6. The first kappa shape index (κ1) is 40.1. The van der Waals surface area contributed by atoms with Crippen LogP contribution in [-0.4, -0.2) is 124 Å². The molecule has 6 amide bonds. The Morgan fingerprint density at radius 3 is 2.28 bits per heavy atom. The average molecular weight is 832 g/mol. The minimum atomic E-state index is -1.10. The first-order chi connectivity index (χ1) is 29.6. The molecule has 1 aromatic heterocycles. The number of benzene rings is 3. The predicted molar refractivity (Wildman–Crippen MR) is 219 cm³/mol. The lowest BCUT2D eigenvalue weighted by molar-refractivity contribution is -0.143. The van der Waals surface area contributed by atoms with Crippen molar-refractivity contribution in [2.45, 2.75) is 63.5 Å². The number of methoxy groups -OCH3 is 1. The molecule has 0 bridgehead atoms. The number of piperidine rings is 2. The van der Waals surface area contributed by atoms with Crippen LogP contribution in [0.3, 0.4) is 0 Å². The lowest BCUT2D eigenvalue weighted by atomic mass is 10.0. The number of aromatic amines is 1. The Labute approximate surface area is 351 Å². The molecule has 16 nitrogen and oxygen atoms in total. The van der Waals surface area contributed by atoms with E-state index in [1.807, 2.05) is 54.6 Å². The zero-order valence-corrected chi connectivity index (χ0v) is 33.7. The van der Waals surface area contributed by atoms with E-state index in [4.69, 9.17) is 4.74 Å². The van der Waals surface area contributed by atoms with Crippen molar-refractivity contribution >= 4 is 46.9 Å². The van der Waals surface area contributed by atoms with Crippen LogP contribution < -0.4 is 15.5 Å². The van der Waals surface area contributed by atoms with Crippen LogP contribution in [0.5, 0.6) is 0 Å². The van der Waals surface area contributed by atoms with E-state index in [9.17, 15) is 28.8 Å². The van der Waals surface area contributed by atoms with E-state index in [0.29, 0.717) is 36.1 Å². The van der Waals surface area contributed by atoms with Crippen LogP contribution in [0.4, 0.5) is 15.9 Å². The van der Waals surface area contributed by atoms with Gasteiger partial charge in [-0.1, -0.05) is 30.3 Å². The number of amides is 6. The van der Waals surface area contributed by atoms with E-state index in [1.165, 1.54) is 13.2 Å². The molecule has 0 radical (unpaired) electrons. The van der Waals surface area contributed by atoms with Crippen LogP contribution in [0.25, 0.3) is 0 Å². The number of rotatable bonds is 10. The van der Waals surface area contributed by atoms with Crippen molar-refractivity contribution in [1.29, 1.82) is 0 Å². The highest BCUT2D eigenvalue weighted by Gasteiger charge is 2.45. The third kappa shape index (κ3) is 7.79. The zero-order chi connectivity index (χ0) is 42.4. The molecule has 2 unspecified atom stereocenters. The SMILES string of the molecule is COC(C(=O)N1Cc2[nH]nc(NC(=O)c3ccc(N4CCC(N5CCN(Cc6cc7c(cc6F)C(=O)N(C6CCC(=O)NC6=O)C7=O)CC5)CC4)cc3)c2C1)c1ccccc1. The Morgan fingerprint density at radius 1 is 0.885 bits per heavy atom. The quantitative estimate of drug-likeness (QED) is 0.200. The normalized spacial score (nSPS) is 20.5. The van der Waals surface area contributed by atoms with E-state index < -0.39 is 41.6 Å². The maximum Gasteiger partial charge on any atom is 0.262 e. The van der Waals surface area contributed by atoms with E-state index in [0.717, 1.165) is 85.6 Å². The van der Waals surface area contributed by atoms with Gasteiger partial charge in [0.05, 0.1) is 29.9 Å². The molecule has 17 heteroatoms. The number of imide groups is 2. The molecule has 0 aliphatic carbocycles. The maximum atomic E-state index is 15.3. The lowest BCUT2D eigenvalue weighted by Gasteiger charge is -2.43. The first-order valence-corrected chi connectivity index (χ1v) is 20.7. The lowest BCUT2D eigenvalue weighted by Crippen LogP contribution is -2.54. The third-order valence-electron chi connectivity index (χ3n) is 12.6. The largest absolute Gasteiger partial charge is 0.371 e. The number of nitrogens with one attached hydrogen (secondary N) is 3. The Balaban J connectivity index is 0.738. The van der Waals surface area contributed by atoms with Gasteiger partial charge in [0, 0.05) is 87.8 Å². The van der Waals surface area contributed by atoms with Gasteiger partial charge in [-0.25, -0.2) is 4.39 Å². The molecule has 5 aliphatic heterocycles. The van der Waals surface area contributed by atoms with Crippen molar-refractivity contribution in [3.8, 4) is 0 Å². The fourth-order valence-corrected chi connectivity index (χ4v) is 9.25. The first-order valence-electron chi connectivity index (χ1n) is 20.7. The molecule has 3 saturated heterocycles. The Bertz CT molecular complexity index is 2390. The minimum absolute atomic E-state index is 0.0140. The number of hydrogen-bond donors (Lipinski definition) is 3. The van der Waals surface area contributed by atoms with Gasteiger partial charge in [0.15, 0.2) is 11.9 Å². The van der Waals surface area contributed by atoms with Crippen molar-refractivity contribution < 1.29 is 37.9 Å². The van der Waals surface area contributed by atoms with Gasteiger partial charge in [-0.05, 0) is 61.2 Å². The summed E-state index contributed by atoms with van der Waals surface area (Å²) in [6.45, 7) is 5.72. The number of piperazine rings is 1. The highest BCUT2D eigenvalue weighted by atomic mass is 19.1. The fraction of sp³-hybridized carbons (Fsp3) is 0.386. The minimum Gasteiger partial charge on any atom is -0.371 e. The van der Waals surface area contributed by atoms with E-state index in [1.54, 1.807) is 4.90 Å². The topological polar surface area (TPSA) is 181 Å². The molecule has 5 aliphatic rings. The number of aromatic nitrogens is 2. The Morgan fingerprint density at radius 2 is 1.59 bits per heavy atom. The predicted octanol–water partition coefficient (Wildman–Crippen LogP) is 3.22. The molecular weight excluding hydrogens is 786 g/mol. The van der Waals surface area contributed by atoms with Crippen molar-refractivity contribution in [2.24, 2.45) is 0 Å². The van der Waals surface area contributed by atoms with Gasteiger partial charge < -0.3 is 19.9 Å². The summed E-state index contributed by atoms with van der Waals surface area (Å²) >= 11 is 0. The standard InChI is InChI=1S/C44H46FN9O7/c1-61-38(26-5-3-2-4-6-26)44(60)53-24-33-35(25-53)48-49-39(33)47-40(56)27-7-9-29(10-8-27)51-15-13-30(14-16-51)52-19-17-50(18-20-52)23-28-21-31-32(22-34(28)45)43(59)54(42(31)58)36-11-12-37(55)46-41(36)57/h2-10,21-22,30,36,38H,11-20,23-25H2,1H3,(H,46,55,57)(H2,47,48,49,56). The summed E-state index contributed by atoms with van der Waals surface area (Å²) in [5, 5.41) is 12.4. The van der Waals surface area contributed by atoms with E-state index >= 15 is 4.39 Å². The van der Waals surface area contributed by atoms with Crippen molar-refractivity contribution in [1.82, 2.24) is 35.1 Å². The summed E-state index contributed by atoms with van der Waals surface area (Å²) in [5.74, 6) is -3.15. The molecule has 4 aromatic rings. The van der Waals surface area contributed by atoms with Crippen molar-refractivity contribution in [2.75, 3.05) is 56.6 Å². The second kappa shape index (κ2) is 16.6. The molecule has 9 rings (SSSR count). The second-order valence-corrected chi connectivity index (χ2v) is 16.2. The number of hydrogen-bond acceptors (Lipinski definition) is 11. The monoisotopic (exact) mass is 831 g/mol. The molecule has 3 fully saturated rings. The summed E-state index contributed by atoms with van der Waals surface area (Å²) in [5.41, 5.74) is 4.20. The molecule has 0 spiro atoms. The highest BCUT2D eigenvalue weighted by molar-refractivity contribution is 6.23. The van der Waals surface area contributed by atoms with Crippen LogP contribution in [-0.2, 0) is 38.8 Å². The number of anilines is 2. The molecule has 3 N–H and O–H groups in total. The summed E-state index contributed by atoms with van der Waals surface area (Å²) in [6, 6.07) is 18.7. The molecule has 2 atom stereocenters. The summed E-state index contributed by atoms with van der Waals surface area (Å²) in [6.07, 6.45) is 1.27. The molecule has 316 valence electrons. The van der Waals surface area contributed by atoms with Crippen LogP contribution >= 0.6 is 0 Å². The van der Waals surface area contributed by atoms with Gasteiger partial charge in [0.2, 0.25) is 11.8 Å². The number of ether oxygens (including phenoxy) is 1. The summed E-state index contributed by atoms with van der Waals surface area (Å²) < 4.78 is 20.9. The number of carbonyl (C=O) groups is 6. The average Bonchev–Trinajstić information content (AvgIpc) is 3.94. The van der Waals surface area contributed by atoms with Crippen molar-refractivity contribution in [3.63, 3.8) is 0 Å². The maximum absolute atomic E-state index is 15.3. The summed E-state index contributed by atoms with van der Waals surface area (Å²) in [4.78, 5) is 86.6. The van der Waals surface area contributed by atoms with Gasteiger partial charge in [0.1, 0.15) is 11.9 Å². The number of carbonyl (C=O) groups excluding carboxylic acids is 6. The van der Waals surface area contributed by atoms with Gasteiger partial charge in [0.25, 0.3) is 23.6 Å². The van der Waals surface area contributed by atoms with Gasteiger partial charge in [-0.15, -0.1) is 0 Å². The number of nitrogens with zero attached hydrogens (tertiary/aromatic N) is 6. The van der Waals surface area contributed by atoms with Gasteiger partial charge in [-0.2, -0.15) is 5.10 Å². The molecule has 6 heterocycles. The van der Waals surface area contributed by atoms with E-state index in [-0.39, 0.29) is 42.3 Å². The second-order valence-electron chi connectivity index (χ2n) is 16.2. The Kier molecular flexibility index (Phi) is 10.9. The summed E-state index contributed by atoms with van der Waals surface area (Å²) in [7, 11) is 1.52. The van der Waals surface area contributed by atoms with E-state index in [2.05, 4.69) is 35.5 Å². The smallest absolute Gasteiger partial charge is 0.262 e. The van der Waals surface area contributed by atoms with Gasteiger partial charge >= 0.3 is 0 Å². The number of halogens is 1. The number of H-pyrrole nitrogens is 1. The Hall–Kier alpha value is -6.30. The van der Waals surface area contributed by atoms with Crippen LogP contribution in [0.1, 0.15) is 85.2 Å². The number of fused-ring (bicyclic) bond motifs is 2. The van der Waals surface area contributed by atoms with Crippen LogP contribution in [0.2, 0.25) is 0 Å². The van der Waals surface area contributed by atoms with Crippen LogP contribution in [0.15, 0.2) is 66.7 Å². The van der Waals surface area contributed by atoms with Crippen LogP contribution in [0, 0.1) is 5.82 Å².